The summed E-state index contributed by atoms with van der Waals surface area (Å²) in [6.45, 7) is 1.33. The van der Waals surface area contributed by atoms with Gasteiger partial charge in [-0.05, 0) is 36.6 Å². The second kappa shape index (κ2) is 8.96. The average Bonchev–Trinajstić information content (AvgIpc) is 2.79. The van der Waals surface area contributed by atoms with Crippen LogP contribution in [-0.2, 0) is 16.1 Å². The summed E-state index contributed by atoms with van der Waals surface area (Å²) in [5.74, 6) is -0.421. The average molecular weight is 408 g/mol. The zero-order valence-corrected chi connectivity index (χ0v) is 17.5. The van der Waals surface area contributed by atoms with E-state index in [9.17, 15) is 9.59 Å². The number of nitrogens with one attached hydrogen (secondary N) is 1. The molecule has 6 nitrogen and oxygen atoms in total. The number of amides is 2. The Morgan fingerprint density at radius 3 is 2.67 bits per heavy atom. The first-order valence-corrected chi connectivity index (χ1v) is 10.7. The van der Waals surface area contributed by atoms with Gasteiger partial charge in [0.25, 0.3) is 5.91 Å². The van der Waals surface area contributed by atoms with Crippen molar-refractivity contribution in [3.8, 4) is 0 Å². The van der Waals surface area contributed by atoms with E-state index >= 15 is 0 Å². The van der Waals surface area contributed by atoms with Crippen LogP contribution in [0.1, 0.15) is 59.6 Å². The lowest BCUT2D eigenvalue weighted by molar-refractivity contribution is -0.127. The number of ether oxygens (including phenoxy) is 1. The van der Waals surface area contributed by atoms with Crippen LogP contribution in [0.3, 0.4) is 0 Å². The Morgan fingerprint density at radius 1 is 1.17 bits per heavy atom. The predicted octanol–water partition coefficient (Wildman–Crippen LogP) is 3.29. The van der Waals surface area contributed by atoms with E-state index in [2.05, 4.69) is 10.3 Å². The molecule has 1 N–H and O–H groups in total. The normalized spacial score (nSPS) is 20.1. The van der Waals surface area contributed by atoms with Crippen LogP contribution < -0.4 is 5.32 Å². The maximum Gasteiger partial charge on any atom is 0.254 e. The molecule has 1 aromatic carbocycles. The molecule has 4 rings (SSSR count). The highest BCUT2D eigenvalue weighted by atomic mass is 16.5. The predicted molar refractivity (Wildman–Crippen MR) is 114 cm³/mol. The highest BCUT2D eigenvalue weighted by Crippen LogP contribution is 2.49. The van der Waals surface area contributed by atoms with Crippen molar-refractivity contribution in [2.45, 2.75) is 50.1 Å². The van der Waals surface area contributed by atoms with E-state index in [-0.39, 0.29) is 11.8 Å². The molecule has 1 fully saturated rings. The molecule has 1 aliphatic heterocycles. The quantitative estimate of drug-likeness (QED) is 0.798. The van der Waals surface area contributed by atoms with Gasteiger partial charge < -0.3 is 15.0 Å². The zero-order valence-electron chi connectivity index (χ0n) is 17.5. The summed E-state index contributed by atoms with van der Waals surface area (Å²) in [5.41, 5.74) is 1.79. The highest BCUT2D eigenvalue weighted by Gasteiger charge is 2.54. The van der Waals surface area contributed by atoms with E-state index in [4.69, 9.17) is 4.74 Å². The van der Waals surface area contributed by atoms with Gasteiger partial charge in [0.1, 0.15) is 0 Å². The first kappa shape index (κ1) is 20.5. The molecule has 1 saturated carbocycles. The number of methoxy groups -OCH3 is 1. The minimum atomic E-state index is -0.504. The number of pyridine rings is 1. The van der Waals surface area contributed by atoms with Crippen LogP contribution in [0.5, 0.6) is 0 Å². The molecule has 0 bridgehead atoms. The molecular weight excluding hydrogens is 378 g/mol. The molecule has 6 heteroatoms. The minimum Gasteiger partial charge on any atom is -0.383 e. The van der Waals surface area contributed by atoms with Gasteiger partial charge >= 0.3 is 0 Å². The lowest BCUT2D eigenvalue weighted by Crippen LogP contribution is -2.63. The first-order valence-electron chi connectivity index (χ1n) is 10.7. The molecule has 2 aromatic rings. The first-order chi connectivity index (χ1) is 14.7. The lowest BCUT2D eigenvalue weighted by Gasteiger charge is -2.53. The third-order valence-corrected chi connectivity index (χ3v) is 6.49. The number of carbonyl (C=O) groups excluding carboxylic acids is 2. The van der Waals surface area contributed by atoms with Crippen molar-refractivity contribution in [3.63, 3.8) is 0 Å². The number of fused-ring (bicyclic) bond motifs is 1. The maximum absolute atomic E-state index is 13.6. The Bertz CT molecular complexity index is 894. The largest absolute Gasteiger partial charge is 0.383 e. The van der Waals surface area contributed by atoms with Crippen molar-refractivity contribution in [2.75, 3.05) is 20.3 Å². The van der Waals surface area contributed by atoms with Gasteiger partial charge in [-0.25, -0.2) is 0 Å². The van der Waals surface area contributed by atoms with Gasteiger partial charge in [-0.1, -0.05) is 43.5 Å². The molecule has 0 radical (unpaired) electrons. The smallest absolute Gasteiger partial charge is 0.254 e. The minimum absolute atomic E-state index is 0.0123. The van der Waals surface area contributed by atoms with Crippen molar-refractivity contribution in [3.05, 3.63) is 65.5 Å². The van der Waals surface area contributed by atoms with Crippen molar-refractivity contribution in [1.29, 1.82) is 0 Å². The molecule has 1 aliphatic carbocycles. The molecule has 30 heavy (non-hydrogen) atoms. The summed E-state index contributed by atoms with van der Waals surface area (Å²) < 4.78 is 5.31. The van der Waals surface area contributed by atoms with Gasteiger partial charge in [0.05, 0.1) is 30.3 Å². The Labute approximate surface area is 177 Å². The summed E-state index contributed by atoms with van der Waals surface area (Å²) in [6, 6.07) is 13.3. The number of rotatable bonds is 6. The summed E-state index contributed by atoms with van der Waals surface area (Å²) in [4.78, 5) is 33.3. The number of hydrogen-bond donors (Lipinski definition) is 1. The van der Waals surface area contributed by atoms with E-state index in [1.807, 2.05) is 47.4 Å². The molecule has 0 unspecified atom stereocenters. The van der Waals surface area contributed by atoms with Crippen LogP contribution in [0, 0.1) is 0 Å². The van der Waals surface area contributed by atoms with Crippen LogP contribution in [0.15, 0.2) is 48.7 Å². The van der Waals surface area contributed by atoms with E-state index in [1.165, 1.54) is 0 Å². The van der Waals surface area contributed by atoms with Crippen molar-refractivity contribution in [1.82, 2.24) is 15.2 Å². The standard InChI is InChI=1S/C24H29N3O3/c1-30-16-15-27-23(29)20-11-4-3-10-19(20)21(24(27)12-6-2-7-13-24)22(28)26-17-18-9-5-8-14-25-18/h3-5,8-11,14,21H,2,6-7,12-13,15-17H2,1H3,(H,26,28)/t21-/m0/s1. The van der Waals surface area contributed by atoms with Crippen LogP contribution in [0.4, 0.5) is 0 Å². The van der Waals surface area contributed by atoms with Gasteiger partial charge in [-0.3, -0.25) is 14.6 Å². The summed E-state index contributed by atoms with van der Waals surface area (Å²) in [6.07, 6.45) is 6.56. The van der Waals surface area contributed by atoms with E-state index in [1.54, 1.807) is 13.3 Å². The van der Waals surface area contributed by atoms with Crippen molar-refractivity contribution in [2.24, 2.45) is 0 Å². The molecule has 2 amide bonds. The highest BCUT2D eigenvalue weighted by molar-refractivity contribution is 6.02. The molecule has 1 aromatic heterocycles. The Balaban J connectivity index is 1.72. The van der Waals surface area contributed by atoms with Crippen molar-refractivity contribution >= 4 is 11.8 Å². The third kappa shape index (κ3) is 3.72. The Hall–Kier alpha value is -2.73. The summed E-state index contributed by atoms with van der Waals surface area (Å²) in [7, 11) is 1.65. The molecule has 1 spiro atoms. The molecule has 2 aliphatic rings. The number of nitrogens with zero attached hydrogens (tertiary/aromatic N) is 2. The summed E-state index contributed by atoms with van der Waals surface area (Å²) in [5, 5.41) is 3.10. The molecule has 0 saturated heterocycles. The Kier molecular flexibility index (Phi) is 6.13. The second-order valence-electron chi connectivity index (χ2n) is 8.17. The van der Waals surface area contributed by atoms with Crippen molar-refractivity contribution < 1.29 is 14.3 Å². The number of aromatic nitrogens is 1. The van der Waals surface area contributed by atoms with Gasteiger partial charge in [-0.15, -0.1) is 0 Å². The van der Waals surface area contributed by atoms with Crippen LogP contribution in [-0.4, -0.2) is 47.5 Å². The van der Waals surface area contributed by atoms with E-state index in [0.29, 0.717) is 25.3 Å². The number of carbonyl (C=O) groups is 2. The second-order valence-corrected chi connectivity index (χ2v) is 8.17. The third-order valence-electron chi connectivity index (χ3n) is 6.49. The monoisotopic (exact) mass is 407 g/mol. The molecule has 2 heterocycles. The molecule has 1 atom stereocenters. The van der Waals surface area contributed by atoms with Crippen LogP contribution >= 0.6 is 0 Å². The SMILES string of the molecule is COCCN1C(=O)c2ccccc2[C@@H](C(=O)NCc2ccccn2)C12CCCCC2. The van der Waals surface area contributed by atoms with Crippen LogP contribution in [0.25, 0.3) is 0 Å². The van der Waals surface area contributed by atoms with E-state index < -0.39 is 11.5 Å². The van der Waals surface area contributed by atoms with Gasteiger partial charge in [-0.2, -0.15) is 0 Å². The fourth-order valence-electron chi connectivity index (χ4n) is 5.13. The number of benzene rings is 1. The maximum atomic E-state index is 13.6. The van der Waals surface area contributed by atoms with Gasteiger partial charge in [0, 0.05) is 25.4 Å². The summed E-state index contributed by atoms with van der Waals surface area (Å²) >= 11 is 0. The lowest BCUT2D eigenvalue weighted by atomic mass is 9.65. The molecule has 158 valence electrons. The Morgan fingerprint density at radius 2 is 1.93 bits per heavy atom. The topological polar surface area (TPSA) is 71.5 Å². The molecular formula is C24H29N3O3. The van der Waals surface area contributed by atoms with E-state index in [0.717, 1.165) is 43.4 Å². The number of hydrogen-bond acceptors (Lipinski definition) is 4. The zero-order chi connectivity index (χ0) is 21.0. The fourth-order valence-corrected chi connectivity index (χ4v) is 5.13. The van der Waals surface area contributed by atoms with Gasteiger partial charge in [0.15, 0.2) is 0 Å². The fraction of sp³-hybridized carbons (Fsp3) is 0.458. The van der Waals surface area contributed by atoms with Crippen LogP contribution in [0.2, 0.25) is 0 Å². The van der Waals surface area contributed by atoms with Gasteiger partial charge in [0.2, 0.25) is 5.91 Å².